The molecular formula is C22H16N2S2. The summed E-state index contributed by atoms with van der Waals surface area (Å²) >= 11 is 6.24. The molecule has 0 bridgehead atoms. The van der Waals surface area contributed by atoms with Gasteiger partial charge in [0.15, 0.2) is 0 Å². The second kappa shape index (κ2) is 7.77. The van der Waals surface area contributed by atoms with Crippen LogP contribution < -0.4 is 0 Å². The van der Waals surface area contributed by atoms with Crippen LogP contribution in [0.3, 0.4) is 0 Å². The summed E-state index contributed by atoms with van der Waals surface area (Å²) < 4.78 is 0. The number of thiol groups is 1. The van der Waals surface area contributed by atoms with Crippen LogP contribution in [0.5, 0.6) is 0 Å². The second-order valence-electron chi connectivity index (χ2n) is 5.72. The van der Waals surface area contributed by atoms with Gasteiger partial charge >= 0.3 is 0 Å². The summed E-state index contributed by atoms with van der Waals surface area (Å²) in [4.78, 5) is 12.5. The number of nitrogens with zero attached hydrogens (tertiary/aromatic N) is 2. The lowest BCUT2D eigenvalue weighted by Gasteiger charge is -2.08. The van der Waals surface area contributed by atoms with Crippen molar-refractivity contribution in [2.45, 2.75) is 14.7 Å². The van der Waals surface area contributed by atoms with Crippen molar-refractivity contribution in [3.63, 3.8) is 0 Å². The van der Waals surface area contributed by atoms with E-state index in [-0.39, 0.29) is 0 Å². The largest absolute Gasteiger partial charge is 0.255 e. The van der Waals surface area contributed by atoms with E-state index >= 15 is 0 Å². The van der Waals surface area contributed by atoms with Gasteiger partial charge in [0.25, 0.3) is 0 Å². The molecule has 0 atom stereocenters. The number of hydrogen-bond acceptors (Lipinski definition) is 4. The van der Waals surface area contributed by atoms with Crippen molar-refractivity contribution in [3.05, 3.63) is 91.1 Å². The van der Waals surface area contributed by atoms with E-state index in [0.717, 1.165) is 37.3 Å². The zero-order valence-electron chi connectivity index (χ0n) is 13.9. The fraction of sp³-hybridized carbons (Fsp3) is 0. The summed E-state index contributed by atoms with van der Waals surface area (Å²) in [5.41, 5.74) is 3.78. The van der Waals surface area contributed by atoms with Crippen LogP contribution in [-0.4, -0.2) is 9.97 Å². The Morgan fingerprint density at radius 1 is 0.692 bits per heavy atom. The lowest BCUT2D eigenvalue weighted by molar-refractivity contribution is 1.24. The average molecular weight is 373 g/mol. The molecule has 26 heavy (non-hydrogen) atoms. The van der Waals surface area contributed by atoms with Gasteiger partial charge < -0.3 is 0 Å². The third-order valence-corrected chi connectivity index (χ3v) is 5.51. The molecular weight excluding hydrogens is 356 g/mol. The highest BCUT2D eigenvalue weighted by atomic mass is 32.2. The SMILES string of the molecule is Sc1ccccc1Sc1cccc(-c2cccc(-c3ccccn3)n2)c1. The van der Waals surface area contributed by atoms with Gasteiger partial charge in [-0.3, -0.25) is 4.98 Å². The standard InChI is InChI=1S/C22H16N2S2/c25-21-12-1-2-13-22(21)26-17-8-5-7-16(15-17)18-10-6-11-20(24-18)19-9-3-4-14-23-19/h1-15,25H. The first-order valence-corrected chi connectivity index (χ1v) is 9.51. The van der Waals surface area contributed by atoms with Crippen molar-refractivity contribution in [1.29, 1.82) is 0 Å². The van der Waals surface area contributed by atoms with E-state index in [1.54, 1.807) is 18.0 Å². The van der Waals surface area contributed by atoms with Crippen LogP contribution in [0.2, 0.25) is 0 Å². The number of pyridine rings is 2. The molecule has 0 radical (unpaired) electrons. The van der Waals surface area contributed by atoms with Crippen molar-refractivity contribution in [2.75, 3.05) is 0 Å². The van der Waals surface area contributed by atoms with Gasteiger partial charge in [-0.25, -0.2) is 4.98 Å². The topological polar surface area (TPSA) is 25.8 Å². The Morgan fingerprint density at radius 3 is 2.31 bits per heavy atom. The molecule has 4 rings (SSSR count). The Balaban J connectivity index is 1.66. The fourth-order valence-corrected chi connectivity index (χ4v) is 3.84. The van der Waals surface area contributed by atoms with Gasteiger partial charge in [-0.1, -0.05) is 48.2 Å². The van der Waals surface area contributed by atoms with Crippen molar-refractivity contribution in [3.8, 4) is 22.6 Å². The molecule has 4 aromatic rings. The maximum atomic E-state index is 4.79. The predicted octanol–water partition coefficient (Wildman–Crippen LogP) is 6.25. The molecule has 4 heteroatoms. The number of rotatable bonds is 4. The molecule has 0 aliphatic heterocycles. The van der Waals surface area contributed by atoms with Crippen LogP contribution >= 0.6 is 24.4 Å². The van der Waals surface area contributed by atoms with Gasteiger partial charge in [0.2, 0.25) is 0 Å². The zero-order chi connectivity index (χ0) is 17.8. The minimum atomic E-state index is 0.877. The van der Waals surface area contributed by atoms with Crippen LogP contribution in [0, 0.1) is 0 Å². The van der Waals surface area contributed by atoms with Gasteiger partial charge in [-0.05, 0) is 48.5 Å². The monoisotopic (exact) mass is 372 g/mol. The Bertz CT molecular complexity index is 1030. The Labute approximate surface area is 162 Å². The van der Waals surface area contributed by atoms with E-state index in [9.17, 15) is 0 Å². The smallest absolute Gasteiger partial charge is 0.0893 e. The number of aromatic nitrogens is 2. The Morgan fingerprint density at radius 2 is 1.46 bits per heavy atom. The third kappa shape index (κ3) is 3.82. The molecule has 126 valence electrons. The van der Waals surface area contributed by atoms with Crippen LogP contribution in [0.25, 0.3) is 22.6 Å². The second-order valence-corrected chi connectivity index (χ2v) is 7.32. The molecule has 0 saturated heterocycles. The Hall–Kier alpha value is -2.56. The van der Waals surface area contributed by atoms with E-state index in [1.807, 2.05) is 54.6 Å². The highest BCUT2D eigenvalue weighted by Gasteiger charge is 2.06. The summed E-state index contributed by atoms with van der Waals surface area (Å²) in [7, 11) is 0. The summed E-state index contributed by atoms with van der Waals surface area (Å²) in [5, 5.41) is 0. The van der Waals surface area contributed by atoms with Crippen LogP contribution in [0.15, 0.2) is 106 Å². The Kier molecular flexibility index (Phi) is 5.04. The van der Waals surface area contributed by atoms with Gasteiger partial charge in [0.05, 0.1) is 17.1 Å². The van der Waals surface area contributed by atoms with E-state index < -0.39 is 0 Å². The summed E-state index contributed by atoms with van der Waals surface area (Å²) in [6, 6.07) is 28.4. The van der Waals surface area contributed by atoms with Crippen molar-refractivity contribution in [1.82, 2.24) is 9.97 Å². The summed E-state index contributed by atoms with van der Waals surface area (Å²) in [6.45, 7) is 0. The molecule has 0 aliphatic rings. The van der Waals surface area contributed by atoms with Gasteiger partial charge in [-0.2, -0.15) is 0 Å². The van der Waals surface area contributed by atoms with Crippen molar-refractivity contribution >= 4 is 24.4 Å². The van der Waals surface area contributed by atoms with Crippen LogP contribution in [-0.2, 0) is 0 Å². The van der Waals surface area contributed by atoms with Gasteiger partial charge in [0.1, 0.15) is 0 Å². The first-order valence-electron chi connectivity index (χ1n) is 8.24. The van der Waals surface area contributed by atoms with E-state index in [4.69, 9.17) is 4.98 Å². The molecule has 0 aliphatic carbocycles. The predicted molar refractivity (Wildman–Crippen MR) is 111 cm³/mol. The number of benzene rings is 2. The maximum absolute atomic E-state index is 4.79. The molecule has 0 amide bonds. The summed E-state index contributed by atoms with van der Waals surface area (Å²) in [5.74, 6) is 0. The number of hydrogen-bond donors (Lipinski definition) is 1. The highest BCUT2D eigenvalue weighted by molar-refractivity contribution is 7.99. The minimum Gasteiger partial charge on any atom is -0.255 e. The van der Waals surface area contributed by atoms with Gasteiger partial charge in [-0.15, -0.1) is 12.6 Å². The van der Waals surface area contributed by atoms with E-state index in [0.29, 0.717) is 0 Å². The minimum absolute atomic E-state index is 0.877. The lowest BCUT2D eigenvalue weighted by Crippen LogP contribution is -1.89. The molecule has 0 N–H and O–H groups in total. The highest BCUT2D eigenvalue weighted by Crippen LogP contribution is 2.34. The molecule has 2 nitrogen and oxygen atoms in total. The first kappa shape index (κ1) is 16.9. The van der Waals surface area contributed by atoms with Gasteiger partial charge in [0, 0.05) is 26.4 Å². The molecule has 0 spiro atoms. The average Bonchev–Trinajstić information content (AvgIpc) is 2.71. The summed E-state index contributed by atoms with van der Waals surface area (Å²) in [6.07, 6.45) is 1.79. The van der Waals surface area contributed by atoms with E-state index in [2.05, 4.69) is 47.9 Å². The lowest BCUT2D eigenvalue weighted by atomic mass is 10.1. The molecule has 0 saturated carbocycles. The fourth-order valence-electron chi connectivity index (χ4n) is 2.64. The molecule has 2 aromatic carbocycles. The first-order chi connectivity index (χ1) is 12.8. The molecule has 2 heterocycles. The normalized spacial score (nSPS) is 10.7. The van der Waals surface area contributed by atoms with Crippen LogP contribution in [0.4, 0.5) is 0 Å². The molecule has 0 unspecified atom stereocenters. The van der Waals surface area contributed by atoms with Crippen LogP contribution in [0.1, 0.15) is 0 Å². The quantitative estimate of drug-likeness (QED) is 0.429. The molecule has 0 fully saturated rings. The maximum Gasteiger partial charge on any atom is 0.0893 e. The van der Waals surface area contributed by atoms with Crippen molar-refractivity contribution in [2.24, 2.45) is 0 Å². The van der Waals surface area contributed by atoms with Crippen molar-refractivity contribution < 1.29 is 0 Å². The zero-order valence-corrected chi connectivity index (χ0v) is 15.6. The van der Waals surface area contributed by atoms with E-state index in [1.165, 1.54) is 0 Å². The third-order valence-electron chi connectivity index (χ3n) is 3.90. The molecule has 2 aromatic heterocycles.